The van der Waals surface area contributed by atoms with E-state index in [0.717, 1.165) is 51.9 Å². The molecule has 0 aliphatic heterocycles. The molecule has 19 heavy (non-hydrogen) atoms. The molecule has 4 heteroatoms. The Morgan fingerprint density at radius 3 is 1.58 bits per heavy atom. The van der Waals surface area contributed by atoms with Crippen molar-refractivity contribution in [2.24, 2.45) is 11.5 Å². The van der Waals surface area contributed by atoms with E-state index in [4.69, 9.17) is 11.5 Å². The van der Waals surface area contributed by atoms with Gasteiger partial charge in [-0.1, -0.05) is 32.6 Å². The van der Waals surface area contributed by atoms with Gasteiger partial charge in [0, 0.05) is 19.5 Å². The molecule has 0 aliphatic rings. The second kappa shape index (κ2) is 13.8. The molecule has 0 radical (unpaired) electrons. The first-order valence-electron chi connectivity index (χ1n) is 7.94. The van der Waals surface area contributed by atoms with Crippen LogP contribution in [0.3, 0.4) is 0 Å². The highest BCUT2D eigenvalue weighted by Crippen LogP contribution is 2.06. The Kier molecular flexibility index (Phi) is 13.4. The Balaban J connectivity index is 3.73. The lowest BCUT2D eigenvalue weighted by molar-refractivity contribution is -0.131. The number of rotatable bonds is 13. The highest BCUT2D eigenvalue weighted by atomic mass is 16.2. The van der Waals surface area contributed by atoms with Crippen molar-refractivity contribution in [3.63, 3.8) is 0 Å². The van der Waals surface area contributed by atoms with Gasteiger partial charge in [-0.3, -0.25) is 4.79 Å². The molecule has 0 rings (SSSR count). The van der Waals surface area contributed by atoms with Gasteiger partial charge in [0.25, 0.3) is 0 Å². The summed E-state index contributed by atoms with van der Waals surface area (Å²) in [5.41, 5.74) is 10.9. The van der Waals surface area contributed by atoms with Gasteiger partial charge in [-0.2, -0.15) is 0 Å². The Hall–Kier alpha value is -0.610. The van der Waals surface area contributed by atoms with E-state index in [1.54, 1.807) is 0 Å². The molecule has 0 spiro atoms. The minimum Gasteiger partial charge on any atom is -0.343 e. The minimum absolute atomic E-state index is 0.289. The molecule has 0 unspecified atom stereocenters. The van der Waals surface area contributed by atoms with E-state index in [1.165, 1.54) is 25.7 Å². The number of unbranched alkanes of at least 4 members (excludes halogenated alkanes) is 6. The fourth-order valence-corrected chi connectivity index (χ4v) is 2.19. The number of carbonyl (C=O) groups is 1. The largest absolute Gasteiger partial charge is 0.343 e. The molecule has 4 N–H and O–H groups in total. The molecule has 0 aromatic heterocycles. The first-order chi connectivity index (χ1) is 9.26. The van der Waals surface area contributed by atoms with Crippen molar-refractivity contribution in [3.8, 4) is 0 Å². The summed E-state index contributed by atoms with van der Waals surface area (Å²) >= 11 is 0. The van der Waals surface area contributed by atoms with Gasteiger partial charge in [0.1, 0.15) is 0 Å². The molecular weight excluding hydrogens is 238 g/mol. The maximum absolute atomic E-state index is 11.8. The van der Waals surface area contributed by atoms with Crippen molar-refractivity contribution in [1.29, 1.82) is 0 Å². The lowest BCUT2D eigenvalue weighted by Gasteiger charge is -2.22. The maximum Gasteiger partial charge on any atom is 0.222 e. The first kappa shape index (κ1) is 18.4. The zero-order valence-corrected chi connectivity index (χ0v) is 12.7. The number of carbonyl (C=O) groups excluding carboxylic acids is 1. The predicted molar refractivity (Wildman–Crippen MR) is 81.9 cm³/mol. The van der Waals surface area contributed by atoms with E-state index in [2.05, 4.69) is 0 Å². The number of hydrogen-bond donors (Lipinski definition) is 2. The van der Waals surface area contributed by atoms with Crippen LogP contribution in [0.2, 0.25) is 0 Å². The van der Waals surface area contributed by atoms with E-state index in [0.29, 0.717) is 6.42 Å². The lowest BCUT2D eigenvalue weighted by atomic mass is 10.1. The molecule has 0 aromatic rings. The van der Waals surface area contributed by atoms with E-state index in [1.807, 2.05) is 11.8 Å². The predicted octanol–water partition coefficient (Wildman–Crippen LogP) is 2.26. The molecule has 4 nitrogen and oxygen atoms in total. The lowest BCUT2D eigenvalue weighted by Crippen LogP contribution is -2.32. The summed E-state index contributed by atoms with van der Waals surface area (Å²) in [6, 6.07) is 0. The average Bonchev–Trinajstić information content (AvgIpc) is 2.43. The number of nitrogens with zero attached hydrogens (tertiary/aromatic N) is 1. The van der Waals surface area contributed by atoms with Crippen molar-refractivity contribution in [1.82, 2.24) is 4.90 Å². The third kappa shape index (κ3) is 11.0. The number of hydrogen-bond acceptors (Lipinski definition) is 3. The van der Waals surface area contributed by atoms with E-state index in [-0.39, 0.29) is 5.91 Å². The van der Waals surface area contributed by atoms with Gasteiger partial charge in [0.05, 0.1) is 0 Å². The Morgan fingerprint density at radius 2 is 1.21 bits per heavy atom. The molecule has 0 aliphatic carbocycles. The highest BCUT2D eigenvalue weighted by molar-refractivity contribution is 5.75. The van der Waals surface area contributed by atoms with Crippen molar-refractivity contribution in [2.45, 2.75) is 64.7 Å². The van der Waals surface area contributed by atoms with Crippen LogP contribution in [0.25, 0.3) is 0 Å². The molecule has 114 valence electrons. The molecular formula is C15H33N3O. The average molecular weight is 271 g/mol. The Labute approximate surface area is 118 Å². The molecule has 1 amide bonds. The minimum atomic E-state index is 0.289. The van der Waals surface area contributed by atoms with E-state index < -0.39 is 0 Å². The van der Waals surface area contributed by atoms with Crippen LogP contribution in [0.15, 0.2) is 0 Å². The van der Waals surface area contributed by atoms with Crippen molar-refractivity contribution in [3.05, 3.63) is 0 Å². The molecule has 0 aromatic carbocycles. The summed E-state index contributed by atoms with van der Waals surface area (Å²) < 4.78 is 0. The van der Waals surface area contributed by atoms with Crippen molar-refractivity contribution in [2.75, 3.05) is 26.2 Å². The fourth-order valence-electron chi connectivity index (χ4n) is 2.19. The Morgan fingerprint density at radius 1 is 0.789 bits per heavy atom. The van der Waals surface area contributed by atoms with Gasteiger partial charge in [-0.25, -0.2) is 0 Å². The third-order valence-electron chi connectivity index (χ3n) is 3.42. The van der Waals surface area contributed by atoms with Crippen LogP contribution in [-0.4, -0.2) is 37.0 Å². The maximum atomic E-state index is 11.8. The monoisotopic (exact) mass is 271 g/mol. The fraction of sp³-hybridized carbons (Fsp3) is 0.933. The van der Waals surface area contributed by atoms with Crippen molar-refractivity contribution >= 4 is 5.91 Å². The summed E-state index contributed by atoms with van der Waals surface area (Å²) in [7, 11) is 0. The van der Waals surface area contributed by atoms with Gasteiger partial charge < -0.3 is 16.4 Å². The molecule has 0 heterocycles. The second-order valence-corrected chi connectivity index (χ2v) is 5.14. The van der Waals surface area contributed by atoms with Crippen LogP contribution in [0.5, 0.6) is 0 Å². The molecule has 0 atom stereocenters. The molecule has 0 fully saturated rings. The van der Waals surface area contributed by atoms with Crippen LogP contribution in [0, 0.1) is 0 Å². The summed E-state index contributed by atoms with van der Waals surface area (Å²) in [5.74, 6) is 0.289. The van der Waals surface area contributed by atoms with E-state index in [9.17, 15) is 4.79 Å². The van der Waals surface area contributed by atoms with Gasteiger partial charge in [-0.15, -0.1) is 0 Å². The Bertz CT molecular complexity index is 196. The highest BCUT2D eigenvalue weighted by Gasteiger charge is 2.10. The summed E-state index contributed by atoms with van der Waals surface area (Å²) in [5, 5.41) is 0. The standard InChI is InChI=1S/C15H33N3O/c1-2-15(19)18(13-9-5-3-7-11-16)14-10-6-4-8-12-17/h2-14,16-17H2,1H3. The molecule has 0 saturated heterocycles. The summed E-state index contributed by atoms with van der Waals surface area (Å²) in [6.07, 6.45) is 9.74. The number of nitrogens with two attached hydrogens (primary N) is 2. The van der Waals surface area contributed by atoms with Crippen LogP contribution in [0.4, 0.5) is 0 Å². The van der Waals surface area contributed by atoms with Crippen molar-refractivity contribution < 1.29 is 4.79 Å². The topological polar surface area (TPSA) is 72.3 Å². The van der Waals surface area contributed by atoms with Gasteiger partial charge in [-0.05, 0) is 38.8 Å². The van der Waals surface area contributed by atoms with Gasteiger partial charge in [0.2, 0.25) is 5.91 Å². The molecule has 0 bridgehead atoms. The SMILES string of the molecule is CCC(=O)N(CCCCCCN)CCCCCCN. The zero-order valence-electron chi connectivity index (χ0n) is 12.7. The summed E-state index contributed by atoms with van der Waals surface area (Å²) in [6.45, 7) is 5.32. The zero-order chi connectivity index (χ0) is 14.3. The van der Waals surface area contributed by atoms with Crippen LogP contribution in [-0.2, 0) is 4.79 Å². The first-order valence-corrected chi connectivity index (χ1v) is 7.94. The third-order valence-corrected chi connectivity index (χ3v) is 3.42. The van der Waals surface area contributed by atoms with Gasteiger partial charge >= 0.3 is 0 Å². The smallest absolute Gasteiger partial charge is 0.222 e. The van der Waals surface area contributed by atoms with E-state index >= 15 is 0 Å². The normalized spacial score (nSPS) is 10.7. The molecule has 0 saturated carbocycles. The second-order valence-electron chi connectivity index (χ2n) is 5.14. The van der Waals surface area contributed by atoms with Crippen LogP contribution < -0.4 is 11.5 Å². The van der Waals surface area contributed by atoms with Crippen LogP contribution >= 0.6 is 0 Å². The number of amides is 1. The van der Waals surface area contributed by atoms with Crippen LogP contribution in [0.1, 0.15) is 64.7 Å². The van der Waals surface area contributed by atoms with Gasteiger partial charge in [0.15, 0.2) is 0 Å². The summed E-state index contributed by atoms with van der Waals surface area (Å²) in [4.78, 5) is 13.9. The quantitative estimate of drug-likeness (QED) is 0.505.